The van der Waals surface area contributed by atoms with Crippen LogP contribution in [-0.2, 0) is 4.79 Å². The van der Waals surface area contributed by atoms with Gasteiger partial charge in [-0.25, -0.2) is 4.39 Å². The Morgan fingerprint density at radius 1 is 1.62 bits per heavy atom. The van der Waals surface area contributed by atoms with Crippen LogP contribution in [0.5, 0.6) is 5.75 Å². The average Bonchev–Trinajstić information content (AvgIpc) is 2.24. The summed E-state index contributed by atoms with van der Waals surface area (Å²) in [5, 5.41) is 2.73. The van der Waals surface area contributed by atoms with E-state index in [1.54, 1.807) is 13.0 Å². The lowest BCUT2D eigenvalue weighted by Crippen LogP contribution is -2.25. The van der Waals surface area contributed by atoms with E-state index in [-0.39, 0.29) is 5.82 Å². The number of carbonyl (C=O) groups is 1. The van der Waals surface area contributed by atoms with Crippen LogP contribution in [0.3, 0.4) is 0 Å². The quantitative estimate of drug-likeness (QED) is 0.491. The second-order valence-electron chi connectivity index (χ2n) is 3.12. The minimum absolute atomic E-state index is 0.309. The molecule has 3 nitrogen and oxygen atoms in total. The summed E-state index contributed by atoms with van der Waals surface area (Å²) in [5.74, 6) is 0.191. The number of benzene rings is 1. The summed E-state index contributed by atoms with van der Waals surface area (Å²) in [4.78, 5) is 9.97. The van der Waals surface area contributed by atoms with E-state index >= 15 is 0 Å². The zero-order chi connectivity index (χ0) is 12.0. The molecule has 0 saturated carbocycles. The first kappa shape index (κ1) is 13.2. The van der Waals surface area contributed by atoms with Gasteiger partial charge in [-0.1, -0.05) is 15.9 Å². The summed E-state index contributed by atoms with van der Waals surface area (Å²) in [6.45, 7) is 2.51. The molecule has 1 radical (unpaired) electrons. The monoisotopic (exact) mass is 286 g/mol. The van der Waals surface area contributed by atoms with Crippen molar-refractivity contribution < 1.29 is 13.9 Å². The van der Waals surface area contributed by atoms with Crippen molar-refractivity contribution in [3.8, 4) is 5.75 Å². The summed E-state index contributed by atoms with van der Waals surface area (Å²) < 4.78 is 19.3. The van der Waals surface area contributed by atoms with Gasteiger partial charge in [-0.3, -0.25) is 0 Å². The Hall–Kier alpha value is -0.875. The lowest BCUT2D eigenvalue weighted by molar-refractivity contribution is 0.319. The number of ether oxygens (including phenoxy) is 1. The molecule has 0 aliphatic carbocycles. The Bertz CT molecular complexity index is 376. The molecule has 16 heavy (non-hydrogen) atoms. The maximum absolute atomic E-state index is 13.3. The molecule has 6 heteroatoms. The predicted molar refractivity (Wildman–Crippen MR) is 64.8 cm³/mol. The second-order valence-corrected chi connectivity index (χ2v) is 4.03. The molecule has 0 fully saturated rings. The first-order chi connectivity index (χ1) is 7.65. The van der Waals surface area contributed by atoms with Crippen molar-refractivity contribution in [1.29, 1.82) is 0 Å². The summed E-state index contributed by atoms with van der Waals surface area (Å²) in [5.41, 5.74) is 0.475. The molecule has 85 valence electrons. The minimum atomic E-state index is -0.309. The van der Waals surface area contributed by atoms with E-state index in [1.807, 2.05) is 0 Å². The highest BCUT2D eigenvalue weighted by atomic mass is 79.9. The average molecular weight is 287 g/mol. The fraction of sp³-hybridized carbons (Fsp3) is 0.300. The zero-order valence-electron chi connectivity index (χ0n) is 8.80. The molecule has 0 spiro atoms. The third-order valence-electron chi connectivity index (χ3n) is 1.95. The van der Waals surface area contributed by atoms with Gasteiger partial charge in [0.2, 0.25) is 0 Å². The van der Waals surface area contributed by atoms with Crippen molar-refractivity contribution in [2.45, 2.75) is 6.92 Å². The Balaban J connectivity index is 2.50. The van der Waals surface area contributed by atoms with Gasteiger partial charge >= 0.3 is 0 Å². The van der Waals surface area contributed by atoms with Gasteiger partial charge in [0.05, 0.1) is 12.8 Å². The topological polar surface area (TPSA) is 38.3 Å². The molecular weight excluding hydrogens is 276 g/mol. The molecular formula is C10H11BBrFNO2. The number of hydrogen-bond donors (Lipinski definition) is 1. The van der Waals surface area contributed by atoms with Crippen molar-refractivity contribution in [2.24, 2.45) is 0 Å². The van der Waals surface area contributed by atoms with Crippen LogP contribution >= 0.6 is 15.9 Å². The van der Waals surface area contributed by atoms with Crippen molar-refractivity contribution in [2.75, 3.05) is 13.2 Å². The Labute approximate surface area is 103 Å². The minimum Gasteiger partial charge on any atom is -0.492 e. The molecule has 0 unspecified atom stereocenters. The number of carbonyl (C=O) groups excluding carboxylic acids is 1. The molecule has 0 bridgehead atoms. The van der Waals surface area contributed by atoms with E-state index in [1.165, 1.54) is 13.5 Å². The molecule has 0 aromatic heterocycles. The number of hydrogen-bond acceptors (Lipinski definition) is 3. The van der Waals surface area contributed by atoms with E-state index < -0.39 is 0 Å². The fourth-order valence-electron chi connectivity index (χ4n) is 1.12. The van der Waals surface area contributed by atoms with Crippen LogP contribution in [0.2, 0.25) is 0 Å². The van der Waals surface area contributed by atoms with Crippen LogP contribution in [0, 0.1) is 12.7 Å². The Morgan fingerprint density at radius 3 is 3.06 bits per heavy atom. The maximum Gasteiger partial charge on any atom is 0.290 e. The van der Waals surface area contributed by atoms with Crippen molar-refractivity contribution >= 4 is 29.5 Å². The van der Waals surface area contributed by atoms with Gasteiger partial charge in [-0.2, -0.15) is 0 Å². The summed E-state index contributed by atoms with van der Waals surface area (Å²) in [6.07, 6.45) is 0.657. The standard InChI is InChI=1S/C10H11BBrFNO2/c1-7-9(13)4-8(12)5-10(7)16-3-2-14-11-6-15/h4-6,14H,2-3H2,1H3. The van der Waals surface area contributed by atoms with Crippen LogP contribution in [0.4, 0.5) is 4.39 Å². The number of nitrogens with one attached hydrogen (secondary N) is 1. The summed E-state index contributed by atoms with van der Waals surface area (Å²) in [6, 6.07) is 3.10. The first-order valence-electron chi connectivity index (χ1n) is 4.74. The predicted octanol–water partition coefficient (Wildman–Crippen LogP) is 1.67. The lowest BCUT2D eigenvalue weighted by Gasteiger charge is -2.10. The maximum atomic E-state index is 13.3. The lowest BCUT2D eigenvalue weighted by atomic mass is 9.99. The molecule has 0 atom stereocenters. The molecule has 0 amide bonds. The van der Waals surface area contributed by atoms with Gasteiger partial charge in [0.15, 0.2) is 0 Å². The molecule has 0 aliphatic rings. The van der Waals surface area contributed by atoms with Crippen LogP contribution in [0.1, 0.15) is 5.56 Å². The molecule has 1 rings (SSSR count). The van der Waals surface area contributed by atoms with Gasteiger partial charge in [0.25, 0.3) is 7.41 Å². The number of halogens is 2. The fourth-order valence-corrected chi connectivity index (χ4v) is 1.53. The SMILES string of the molecule is Cc1c(F)cc(Br)cc1OCCN[B]C=O. The van der Waals surface area contributed by atoms with Crippen LogP contribution in [0.25, 0.3) is 0 Å². The van der Waals surface area contributed by atoms with Crippen LogP contribution in [0.15, 0.2) is 16.6 Å². The van der Waals surface area contributed by atoms with E-state index in [2.05, 4.69) is 21.2 Å². The molecule has 1 aromatic rings. The molecule has 0 saturated heterocycles. The zero-order valence-corrected chi connectivity index (χ0v) is 10.4. The van der Waals surface area contributed by atoms with Gasteiger partial charge in [0, 0.05) is 16.6 Å². The highest BCUT2D eigenvalue weighted by molar-refractivity contribution is 9.10. The molecule has 1 N–H and O–H groups in total. The second kappa shape index (κ2) is 6.65. The smallest absolute Gasteiger partial charge is 0.290 e. The number of rotatable bonds is 6. The summed E-state index contributed by atoms with van der Waals surface area (Å²) in [7, 11) is 1.29. The highest BCUT2D eigenvalue weighted by Crippen LogP contribution is 2.25. The van der Waals surface area contributed by atoms with Crippen molar-refractivity contribution in [1.82, 2.24) is 5.23 Å². The third-order valence-corrected chi connectivity index (χ3v) is 2.41. The molecule has 0 aliphatic heterocycles. The van der Waals surface area contributed by atoms with E-state index in [0.29, 0.717) is 35.1 Å². The third kappa shape index (κ3) is 3.94. The largest absolute Gasteiger partial charge is 0.492 e. The Kier molecular flexibility index (Phi) is 5.48. The molecule has 1 aromatic carbocycles. The van der Waals surface area contributed by atoms with Gasteiger partial charge in [0.1, 0.15) is 11.6 Å². The highest BCUT2D eigenvalue weighted by Gasteiger charge is 2.06. The van der Waals surface area contributed by atoms with E-state index in [0.717, 1.165) is 0 Å². The van der Waals surface area contributed by atoms with Crippen LogP contribution in [-0.4, -0.2) is 26.8 Å². The summed E-state index contributed by atoms with van der Waals surface area (Å²) >= 11 is 3.19. The van der Waals surface area contributed by atoms with Gasteiger partial charge < -0.3 is 14.8 Å². The Morgan fingerprint density at radius 2 is 2.38 bits per heavy atom. The normalized spacial score (nSPS) is 9.94. The van der Waals surface area contributed by atoms with Gasteiger partial charge in [-0.05, 0) is 19.1 Å². The molecule has 0 heterocycles. The van der Waals surface area contributed by atoms with Crippen molar-refractivity contribution in [3.05, 3.63) is 28.0 Å². The van der Waals surface area contributed by atoms with E-state index in [9.17, 15) is 9.18 Å². The van der Waals surface area contributed by atoms with Crippen molar-refractivity contribution in [3.63, 3.8) is 0 Å². The van der Waals surface area contributed by atoms with Gasteiger partial charge in [-0.15, -0.1) is 0 Å². The van der Waals surface area contributed by atoms with E-state index in [4.69, 9.17) is 4.74 Å². The first-order valence-corrected chi connectivity index (χ1v) is 5.53. The van der Waals surface area contributed by atoms with Crippen LogP contribution < -0.4 is 9.96 Å².